The lowest BCUT2D eigenvalue weighted by molar-refractivity contribution is 0.205. The van der Waals surface area contributed by atoms with Crippen LogP contribution in [0, 0.1) is 0 Å². The molecule has 7 heteroatoms. The van der Waals surface area contributed by atoms with Gasteiger partial charge in [-0.2, -0.15) is 0 Å². The number of rotatable bonds is 6. The van der Waals surface area contributed by atoms with Crippen LogP contribution in [0.5, 0.6) is 11.5 Å². The number of fused-ring (bicyclic) bond motifs is 1. The number of nitrogens with two attached hydrogens (primary N) is 1. The van der Waals surface area contributed by atoms with Crippen molar-refractivity contribution in [2.24, 2.45) is 10.7 Å². The second kappa shape index (κ2) is 10.6. The van der Waals surface area contributed by atoms with E-state index in [0.717, 1.165) is 24.2 Å². The van der Waals surface area contributed by atoms with Crippen LogP contribution in [0.2, 0.25) is 5.02 Å². The van der Waals surface area contributed by atoms with Gasteiger partial charge in [-0.1, -0.05) is 48.9 Å². The van der Waals surface area contributed by atoms with E-state index in [-0.39, 0.29) is 36.1 Å². The summed E-state index contributed by atoms with van der Waals surface area (Å²) in [6.07, 6.45) is 1.57. The minimum absolute atomic E-state index is 0. The molecule has 1 heterocycles. The molecule has 2 atom stereocenters. The fourth-order valence-electron chi connectivity index (χ4n) is 2.89. The Kier molecular flexibility index (Phi) is 8.50. The molecule has 0 aromatic heterocycles. The third-order valence-electron chi connectivity index (χ3n) is 4.33. The second-order valence-electron chi connectivity index (χ2n) is 6.18. The molecule has 2 aromatic carbocycles. The van der Waals surface area contributed by atoms with Gasteiger partial charge in [0.05, 0.1) is 24.2 Å². The maximum Gasteiger partial charge on any atom is 0.189 e. The summed E-state index contributed by atoms with van der Waals surface area (Å²) >= 11 is 6.16. The fourth-order valence-corrected chi connectivity index (χ4v) is 3.07. The summed E-state index contributed by atoms with van der Waals surface area (Å²) in [4.78, 5) is 4.46. The van der Waals surface area contributed by atoms with E-state index in [9.17, 15) is 0 Å². The first kappa shape index (κ1) is 21.6. The highest BCUT2D eigenvalue weighted by Gasteiger charge is 2.21. The van der Waals surface area contributed by atoms with E-state index < -0.39 is 0 Å². The maximum absolute atomic E-state index is 6.16. The zero-order valence-corrected chi connectivity index (χ0v) is 18.3. The molecule has 0 radical (unpaired) electrons. The van der Waals surface area contributed by atoms with Crippen molar-refractivity contribution in [2.75, 3.05) is 13.2 Å². The number of para-hydroxylation sites is 2. The van der Waals surface area contributed by atoms with E-state index in [1.54, 1.807) is 0 Å². The van der Waals surface area contributed by atoms with Crippen LogP contribution in [0.3, 0.4) is 0 Å². The van der Waals surface area contributed by atoms with Gasteiger partial charge in [-0.15, -0.1) is 24.0 Å². The van der Waals surface area contributed by atoms with E-state index in [1.165, 1.54) is 0 Å². The summed E-state index contributed by atoms with van der Waals surface area (Å²) in [5.74, 6) is 1.98. The Labute approximate surface area is 182 Å². The first-order chi connectivity index (χ1) is 12.7. The van der Waals surface area contributed by atoms with Gasteiger partial charge in [-0.25, -0.2) is 4.99 Å². The van der Waals surface area contributed by atoms with Gasteiger partial charge in [0.1, 0.15) is 17.6 Å². The standard InChI is InChI=1S/C20H24ClN3O2.HI/c1-2-14(26-19-10-6-4-8-16(19)21)13-23-20(22)24-17-11-12-25-18-9-5-3-7-15(17)18;/h3-10,14,17H,2,11-13H2,1H3,(H3,22,23,24);1H. The molecule has 1 aliphatic rings. The highest BCUT2D eigenvalue weighted by Crippen LogP contribution is 2.31. The molecule has 0 saturated heterocycles. The van der Waals surface area contributed by atoms with Crippen LogP contribution in [-0.2, 0) is 0 Å². The highest BCUT2D eigenvalue weighted by atomic mass is 127. The van der Waals surface area contributed by atoms with Crippen LogP contribution in [0.25, 0.3) is 0 Å². The number of aliphatic imine (C=N–C) groups is 1. The van der Waals surface area contributed by atoms with Crippen molar-refractivity contribution in [3.8, 4) is 11.5 Å². The molecule has 0 amide bonds. The molecule has 1 aliphatic heterocycles. The third-order valence-corrected chi connectivity index (χ3v) is 4.64. The Bertz CT molecular complexity index is 772. The molecular formula is C20H25ClIN3O2. The molecule has 0 spiro atoms. The Hall–Kier alpha value is -1.67. The number of nitrogens with zero attached hydrogens (tertiary/aromatic N) is 1. The molecule has 0 bridgehead atoms. The number of halogens is 2. The first-order valence-corrected chi connectivity index (χ1v) is 9.24. The summed E-state index contributed by atoms with van der Waals surface area (Å²) in [5, 5.41) is 3.89. The molecule has 3 N–H and O–H groups in total. The van der Waals surface area contributed by atoms with Gasteiger partial charge in [-0.3, -0.25) is 0 Å². The second-order valence-corrected chi connectivity index (χ2v) is 6.58. The molecule has 0 aliphatic carbocycles. The van der Waals surface area contributed by atoms with Gasteiger partial charge in [0.2, 0.25) is 0 Å². The van der Waals surface area contributed by atoms with Gasteiger partial charge in [0.15, 0.2) is 5.96 Å². The first-order valence-electron chi connectivity index (χ1n) is 8.86. The van der Waals surface area contributed by atoms with Crippen LogP contribution in [-0.4, -0.2) is 25.2 Å². The molecule has 27 heavy (non-hydrogen) atoms. The number of hydrogen-bond donors (Lipinski definition) is 2. The van der Waals surface area contributed by atoms with Crippen molar-refractivity contribution in [3.05, 3.63) is 59.1 Å². The van der Waals surface area contributed by atoms with E-state index in [0.29, 0.717) is 29.9 Å². The van der Waals surface area contributed by atoms with Crippen molar-refractivity contribution in [2.45, 2.75) is 31.9 Å². The number of nitrogens with one attached hydrogen (secondary N) is 1. The summed E-state index contributed by atoms with van der Waals surface area (Å²) < 4.78 is 11.6. The quantitative estimate of drug-likeness (QED) is 0.346. The Morgan fingerprint density at radius 1 is 1.30 bits per heavy atom. The van der Waals surface area contributed by atoms with Crippen molar-refractivity contribution in [1.82, 2.24) is 5.32 Å². The van der Waals surface area contributed by atoms with Crippen LogP contribution >= 0.6 is 35.6 Å². The van der Waals surface area contributed by atoms with E-state index >= 15 is 0 Å². The van der Waals surface area contributed by atoms with Crippen LogP contribution in [0.15, 0.2) is 53.5 Å². The van der Waals surface area contributed by atoms with Gasteiger partial charge in [-0.05, 0) is 24.6 Å². The Morgan fingerprint density at radius 2 is 2.04 bits per heavy atom. The van der Waals surface area contributed by atoms with Crippen molar-refractivity contribution in [3.63, 3.8) is 0 Å². The summed E-state index contributed by atoms with van der Waals surface area (Å²) in [6, 6.07) is 15.5. The fraction of sp³-hybridized carbons (Fsp3) is 0.350. The zero-order chi connectivity index (χ0) is 18.4. The number of ether oxygens (including phenoxy) is 2. The number of benzene rings is 2. The molecule has 2 aromatic rings. The van der Waals surface area contributed by atoms with Gasteiger partial charge in [0.25, 0.3) is 0 Å². The third kappa shape index (κ3) is 5.90. The lowest BCUT2D eigenvalue weighted by atomic mass is 10.0. The highest BCUT2D eigenvalue weighted by molar-refractivity contribution is 14.0. The Balaban J connectivity index is 0.00000261. The lowest BCUT2D eigenvalue weighted by Gasteiger charge is -2.27. The molecule has 2 unspecified atom stereocenters. The molecule has 0 fully saturated rings. The molecule has 146 valence electrons. The number of guanidine groups is 1. The van der Waals surface area contributed by atoms with Gasteiger partial charge >= 0.3 is 0 Å². The van der Waals surface area contributed by atoms with Crippen molar-refractivity contribution >= 4 is 41.5 Å². The van der Waals surface area contributed by atoms with E-state index in [2.05, 4.69) is 23.3 Å². The van der Waals surface area contributed by atoms with Gasteiger partial charge < -0.3 is 20.5 Å². The number of hydrogen-bond acceptors (Lipinski definition) is 3. The molecule has 3 rings (SSSR count). The largest absolute Gasteiger partial charge is 0.493 e. The van der Waals surface area contributed by atoms with Gasteiger partial charge in [0, 0.05) is 12.0 Å². The van der Waals surface area contributed by atoms with Crippen LogP contribution < -0.4 is 20.5 Å². The Morgan fingerprint density at radius 3 is 2.81 bits per heavy atom. The lowest BCUT2D eigenvalue weighted by Crippen LogP contribution is -2.38. The molecular weight excluding hydrogens is 477 g/mol. The van der Waals surface area contributed by atoms with Crippen LogP contribution in [0.1, 0.15) is 31.4 Å². The SMILES string of the molecule is CCC(CN=C(N)NC1CCOc2ccccc21)Oc1ccccc1Cl.I. The van der Waals surface area contributed by atoms with Crippen molar-refractivity contribution in [1.29, 1.82) is 0 Å². The average molecular weight is 502 g/mol. The van der Waals surface area contributed by atoms with E-state index in [1.807, 2.05) is 42.5 Å². The summed E-state index contributed by atoms with van der Waals surface area (Å²) in [7, 11) is 0. The topological polar surface area (TPSA) is 68.9 Å². The van der Waals surface area contributed by atoms with E-state index in [4.69, 9.17) is 26.8 Å². The maximum atomic E-state index is 6.16. The molecule has 0 saturated carbocycles. The minimum atomic E-state index is -0.0859. The van der Waals surface area contributed by atoms with Crippen molar-refractivity contribution < 1.29 is 9.47 Å². The predicted molar refractivity (Wildman–Crippen MR) is 120 cm³/mol. The predicted octanol–water partition coefficient (Wildman–Crippen LogP) is 4.54. The smallest absolute Gasteiger partial charge is 0.189 e. The molecule has 5 nitrogen and oxygen atoms in total. The average Bonchev–Trinajstić information content (AvgIpc) is 2.67. The summed E-state index contributed by atoms with van der Waals surface area (Å²) in [5.41, 5.74) is 7.21. The summed E-state index contributed by atoms with van der Waals surface area (Å²) in [6.45, 7) is 3.18. The minimum Gasteiger partial charge on any atom is -0.493 e. The monoisotopic (exact) mass is 501 g/mol. The van der Waals surface area contributed by atoms with Crippen LogP contribution in [0.4, 0.5) is 0 Å². The normalized spacial score (nSPS) is 17.1. The zero-order valence-electron chi connectivity index (χ0n) is 15.2.